The molecule has 1 unspecified atom stereocenters. The number of anilines is 1. The molecule has 7 nitrogen and oxygen atoms in total. The van der Waals surface area contributed by atoms with Crippen LogP contribution in [0.25, 0.3) is 0 Å². The number of carbonyl (C=O) groups is 1. The van der Waals surface area contributed by atoms with Gasteiger partial charge in [-0.25, -0.2) is 9.97 Å². The van der Waals surface area contributed by atoms with Gasteiger partial charge in [0.2, 0.25) is 5.88 Å². The minimum atomic E-state index is -0.785. The van der Waals surface area contributed by atoms with Crippen molar-refractivity contribution in [1.29, 1.82) is 0 Å². The summed E-state index contributed by atoms with van der Waals surface area (Å²) in [6.07, 6.45) is 3.00. The number of ether oxygens (including phenoxy) is 2. The van der Waals surface area contributed by atoms with Crippen LogP contribution in [-0.4, -0.2) is 46.9 Å². The van der Waals surface area contributed by atoms with Crippen LogP contribution >= 0.6 is 0 Å². The molecule has 1 atom stereocenters. The maximum atomic E-state index is 11.5. The van der Waals surface area contributed by atoms with Crippen molar-refractivity contribution >= 4 is 11.8 Å². The largest absolute Gasteiger partial charge is 0.481 e. The second-order valence-corrected chi connectivity index (χ2v) is 5.68. The average Bonchev–Trinajstić information content (AvgIpc) is 2.48. The number of nitrogens with one attached hydrogen (secondary N) is 1. The Balaban J connectivity index is 1.95. The first-order valence-corrected chi connectivity index (χ1v) is 7.59. The zero-order chi connectivity index (χ0) is 15.9. The molecule has 0 spiro atoms. The van der Waals surface area contributed by atoms with Gasteiger partial charge in [0.25, 0.3) is 0 Å². The first kappa shape index (κ1) is 16.5. The Morgan fingerprint density at radius 1 is 1.45 bits per heavy atom. The van der Waals surface area contributed by atoms with E-state index in [-0.39, 0.29) is 12.0 Å². The number of hydrogen-bond acceptors (Lipinski definition) is 6. The summed E-state index contributed by atoms with van der Waals surface area (Å²) >= 11 is 0. The van der Waals surface area contributed by atoms with Gasteiger partial charge in [0.1, 0.15) is 12.1 Å². The fourth-order valence-corrected chi connectivity index (χ4v) is 2.53. The van der Waals surface area contributed by atoms with Crippen LogP contribution in [0, 0.1) is 11.8 Å². The SMILES string of the molecule is CC(C)Oc1cc(NCC(C(=O)O)C2CCOCC2)ncn1. The van der Waals surface area contributed by atoms with Gasteiger partial charge in [0.15, 0.2) is 0 Å². The van der Waals surface area contributed by atoms with Crippen LogP contribution in [-0.2, 0) is 9.53 Å². The molecule has 0 saturated carbocycles. The van der Waals surface area contributed by atoms with E-state index >= 15 is 0 Å². The van der Waals surface area contributed by atoms with E-state index < -0.39 is 11.9 Å². The summed E-state index contributed by atoms with van der Waals surface area (Å²) in [5.41, 5.74) is 0. The monoisotopic (exact) mass is 309 g/mol. The van der Waals surface area contributed by atoms with Crippen molar-refractivity contribution in [3.05, 3.63) is 12.4 Å². The minimum absolute atomic E-state index is 0.0248. The van der Waals surface area contributed by atoms with E-state index in [1.54, 1.807) is 6.07 Å². The molecule has 1 saturated heterocycles. The molecule has 1 aliphatic heterocycles. The fourth-order valence-electron chi connectivity index (χ4n) is 2.53. The highest BCUT2D eigenvalue weighted by Crippen LogP contribution is 2.24. The average molecular weight is 309 g/mol. The number of aromatic nitrogens is 2. The Labute approximate surface area is 130 Å². The maximum absolute atomic E-state index is 11.5. The second kappa shape index (κ2) is 7.93. The van der Waals surface area contributed by atoms with E-state index in [1.807, 2.05) is 13.8 Å². The minimum Gasteiger partial charge on any atom is -0.481 e. The van der Waals surface area contributed by atoms with Crippen molar-refractivity contribution in [3.8, 4) is 5.88 Å². The Morgan fingerprint density at radius 3 is 2.82 bits per heavy atom. The lowest BCUT2D eigenvalue weighted by molar-refractivity contribution is -0.144. The molecule has 2 heterocycles. The molecule has 1 aromatic heterocycles. The Morgan fingerprint density at radius 2 is 2.18 bits per heavy atom. The fraction of sp³-hybridized carbons (Fsp3) is 0.667. The van der Waals surface area contributed by atoms with Gasteiger partial charge < -0.3 is 19.9 Å². The molecule has 1 aromatic rings. The van der Waals surface area contributed by atoms with Gasteiger partial charge >= 0.3 is 5.97 Å². The number of rotatable bonds is 7. The van der Waals surface area contributed by atoms with Crippen molar-refractivity contribution in [1.82, 2.24) is 9.97 Å². The smallest absolute Gasteiger partial charge is 0.308 e. The zero-order valence-electron chi connectivity index (χ0n) is 13.0. The van der Waals surface area contributed by atoms with E-state index in [1.165, 1.54) is 6.33 Å². The molecule has 2 N–H and O–H groups in total. The molecular formula is C15H23N3O4. The molecule has 1 fully saturated rings. The van der Waals surface area contributed by atoms with Crippen LogP contribution < -0.4 is 10.1 Å². The Kier molecular flexibility index (Phi) is 5.94. The molecule has 22 heavy (non-hydrogen) atoms. The van der Waals surface area contributed by atoms with Crippen molar-refractivity contribution in [2.45, 2.75) is 32.8 Å². The third-order valence-corrected chi connectivity index (χ3v) is 3.65. The predicted molar refractivity (Wildman–Crippen MR) is 81.0 cm³/mol. The standard InChI is InChI=1S/C15H23N3O4/c1-10(2)22-14-7-13(17-9-18-14)16-8-12(15(19)20)11-3-5-21-6-4-11/h7,9-12H,3-6,8H2,1-2H3,(H,19,20)(H,16,17,18). The lowest BCUT2D eigenvalue weighted by Crippen LogP contribution is -2.34. The number of carboxylic acid groups (broad SMARTS) is 1. The summed E-state index contributed by atoms with van der Waals surface area (Å²) in [5, 5.41) is 12.5. The molecule has 2 rings (SSSR count). The molecule has 7 heteroatoms. The van der Waals surface area contributed by atoms with Gasteiger partial charge in [-0.15, -0.1) is 0 Å². The van der Waals surface area contributed by atoms with Crippen LogP contribution in [0.4, 0.5) is 5.82 Å². The maximum Gasteiger partial charge on any atom is 0.308 e. The Hall–Kier alpha value is -1.89. The zero-order valence-corrected chi connectivity index (χ0v) is 13.0. The molecular weight excluding hydrogens is 286 g/mol. The van der Waals surface area contributed by atoms with Crippen LogP contribution in [0.5, 0.6) is 5.88 Å². The van der Waals surface area contributed by atoms with Gasteiger partial charge in [-0.05, 0) is 32.6 Å². The van der Waals surface area contributed by atoms with Gasteiger partial charge in [-0.3, -0.25) is 4.79 Å². The molecule has 0 amide bonds. The molecule has 0 radical (unpaired) electrons. The van der Waals surface area contributed by atoms with Gasteiger partial charge in [-0.2, -0.15) is 0 Å². The van der Waals surface area contributed by atoms with Crippen LogP contribution in [0.3, 0.4) is 0 Å². The van der Waals surface area contributed by atoms with E-state index in [4.69, 9.17) is 9.47 Å². The summed E-state index contributed by atoms with van der Waals surface area (Å²) in [6, 6.07) is 1.68. The predicted octanol–water partition coefficient (Wildman–Crippen LogP) is 1.80. The summed E-state index contributed by atoms with van der Waals surface area (Å²) in [6.45, 7) is 5.43. The lowest BCUT2D eigenvalue weighted by atomic mass is 9.86. The van der Waals surface area contributed by atoms with Crippen LogP contribution in [0.15, 0.2) is 12.4 Å². The van der Waals surface area contributed by atoms with Gasteiger partial charge in [0, 0.05) is 25.8 Å². The van der Waals surface area contributed by atoms with Gasteiger partial charge in [-0.1, -0.05) is 0 Å². The van der Waals surface area contributed by atoms with Crippen LogP contribution in [0.1, 0.15) is 26.7 Å². The number of carboxylic acids is 1. The van der Waals surface area contributed by atoms with Crippen LogP contribution in [0.2, 0.25) is 0 Å². The second-order valence-electron chi connectivity index (χ2n) is 5.68. The lowest BCUT2D eigenvalue weighted by Gasteiger charge is -2.27. The van der Waals surface area contributed by atoms with Crippen molar-refractivity contribution in [3.63, 3.8) is 0 Å². The van der Waals surface area contributed by atoms with E-state index in [2.05, 4.69) is 15.3 Å². The normalized spacial score (nSPS) is 17.2. The topological polar surface area (TPSA) is 93.6 Å². The van der Waals surface area contributed by atoms with E-state index in [0.717, 1.165) is 12.8 Å². The number of hydrogen-bond donors (Lipinski definition) is 2. The number of aliphatic carboxylic acids is 1. The summed E-state index contributed by atoms with van der Waals surface area (Å²) < 4.78 is 10.8. The first-order chi connectivity index (χ1) is 10.6. The molecule has 122 valence electrons. The van der Waals surface area contributed by atoms with Crippen molar-refractivity contribution < 1.29 is 19.4 Å². The Bertz CT molecular complexity index is 489. The quantitative estimate of drug-likeness (QED) is 0.793. The molecule has 1 aliphatic rings. The highest BCUT2D eigenvalue weighted by molar-refractivity contribution is 5.71. The molecule has 0 aliphatic carbocycles. The summed E-state index contributed by atoms with van der Waals surface area (Å²) in [5.74, 6) is -0.0539. The van der Waals surface area contributed by atoms with E-state index in [0.29, 0.717) is 31.5 Å². The molecule has 0 bridgehead atoms. The third-order valence-electron chi connectivity index (χ3n) is 3.65. The van der Waals surface area contributed by atoms with Gasteiger partial charge in [0.05, 0.1) is 12.0 Å². The van der Waals surface area contributed by atoms with Crippen molar-refractivity contribution in [2.75, 3.05) is 25.1 Å². The summed E-state index contributed by atoms with van der Waals surface area (Å²) in [7, 11) is 0. The van der Waals surface area contributed by atoms with E-state index in [9.17, 15) is 9.90 Å². The summed E-state index contributed by atoms with van der Waals surface area (Å²) in [4.78, 5) is 19.6. The third kappa shape index (κ3) is 4.84. The van der Waals surface area contributed by atoms with Crippen molar-refractivity contribution in [2.24, 2.45) is 11.8 Å². The first-order valence-electron chi connectivity index (χ1n) is 7.59. The highest BCUT2D eigenvalue weighted by atomic mass is 16.5. The number of nitrogens with zero attached hydrogens (tertiary/aromatic N) is 2. The highest BCUT2D eigenvalue weighted by Gasteiger charge is 2.29. The molecule has 0 aromatic carbocycles.